The molecule has 0 saturated heterocycles. The number of carbonyl (C=O) groups excluding carboxylic acids is 1. The number of hydrogen-bond acceptors (Lipinski definition) is 3. The molecule has 4 atom stereocenters. The maximum Gasteiger partial charge on any atom is 0.408 e. The van der Waals surface area contributed by atoms with Crippen LogP contribution in [0.2, 0.25) is 0 Å². The Labute approximate surface area is 137 Å². The highest BCUT2D eigenvalue weighted by molar-refractivity contribution is 9.09. The Kier molecular flexibility index (Phi) is 9.22. The zero-order valence-electron chi connectivity index (χ0n) is 13.9. The molecule has 0 heterocycles. The second-order valence-electron chi connectivity index (χ2n) is 6.30. The molecule has 5 heteroatoms. The number of amides is 1. The molecule has 0 aromatic rings. The second kappa shape index (κ2) is 9.46. The summed E-state index contributed by atoms with van der Waals surface area (Å²) in [6, 6.07) is -0.464. The molecule has 1 unspecified atom stereocenters. The van der Waals surface area contributed by atoms with Gasteiger partial charge in [0, 0.05) is 4.83 Å². The van der Waals surface area contributed by atoms with Crippen molar-refractivity contribution in [1.29, 1.82) is 0 Å². The van der Waals surface area contributed by atoms with E-state index in [1.165, 1.54) is 6.08 Å². The lowest BCUT2D eigenvalue weighted by molar-refractivity contribution is 0.0444. The molecule has 0 bridgehead atoms. The largest absolute Gasteiger partial charge is 0.444 e. The zero-order valence-corrected chi connectivity index (χ0v) is 15.4. The fourth-order valence-electron chi connectivity index (χ4n) is 2.20. The minimum Gasteiger partial charge on any atom is -0.444 e. The second-order valence-corrected chi connectivity index (χ2v) is 7.36. The van der Waals surface area contributed by atoms with Gasteiger partial charge in [0.05, 0.1) is 12.1 Å². The number of nitrogens with one attached hydrogen (secondary N) is 1. The van der Waals surface area contributed by atoms with Crippen molar-refractivity contribution in [2.75, 3.05) is 0 Å². The Bertz CT molecular complexity index is 328. The molecule has 0 saturated carbocycles. The fraction of sp³-hybridized carbons (Fsp3) is 0.812. The van der Waals surface area contributed by atoms with Crippen molar-refractivity contribution in [3.8, 4) is 0 Å². The molecule has 0 rings (SSSR count). The molecule has 2 N–H and O–H groups in total. The van der Waals surface area contributed by atoms with Gasteiger partial charge in [-0.1, -0.05) is 48.7 Å². The molecule has 0 aliphatic heterocycles. The highest BCUT2D eigenvalue weighted by atomic mass is 79.9. The van der Waals surface area contributed by atoms with Gasteiger partial charge in [-0.05, 0) is 33.1 Å². The van der Waals surface area contributed by atoms with Crippen LogP contribution in [0.5, 0.6) is 0 Å². The molecule has 0 radical (unpaired) electrons. The monoisotopic (exact) mass is 363 g/mol. The van der Waals surface area contributed by atoms with Crippen LogP contribution in [0.1, 0.15) is 53.9 Å². The van der Waals surface area contributed by atoms with Gasteiger partial charge in [0.25, 0.3) is 0 Å². The molecule has 1 amide bonds. The first-order valence-corrected chi connectivity index (χ1v) is 8.52. The summed E-state index contributed by atoms with van der Waals surface area (Å²) in [7, 11) is 0. The minimum atomic E-state index is -0.826. The van der Waals surface area contributed by atoms with Crippen molar-refractivity contribution in [3.63, 3.8) is 0 Å². The molecule has 21 heavy (non-hydrogen) atoms. The minimum absolute atomic E-state index is 0.0389. The van der Waals surface area contributed by atoms with E-state index in [-0.39, 0.29) is 4.83 Å². The Morgan fingerprint density at radius 1 is 1.43 bits per heavy atom. The van der Waals surface area contributed by atoms with Crippen LogP contribution in [0, 0.1) is 5.92 Å². The number of hydrogen-bond donors (Lipinski definition) is 2. The summed E-state index contributed by atoms with van der Waals surface area (Å²) in [6.45, 7) is 13.3. The lowest BCUT2D eigenvalue weighted by Gasteiger charge is -2.32. The van der Waals surface area contributed by atoms with Crippen LogP contribution >= 0.6 is 15.9 Å². The molecule has 4 nitrogen and oxygen atoms in total. The Hall–Kier alpha value is -0.550. The Balaban J connectivity index is 4.94. The number of alkyl halides is 1. The van der Waals surface area contributed by atoms with Crippen LogP contribution in [-0.4, -0.2) is 33.8 Å². The van der Waals surface area contributed by atoms with Gasteiger partial charge >= 0.3 is 6.09 Å². The highest BCUT2D eigenvalue weighted by Gasteiger charge is 2.32. The van der Waals surface area contributed by atoms with Crippen molar-refractivity contribution >= 4 is 22.0 Å². The van der Waals surface area contributed by atoms with Gasteiger partial charge in [-0.25, -0.2) is 4.79 Å². The van der Waals surface area contributed by atoms with Gasteiger partial charge in [0.15, 0.2) is 0 Å². The number of rotatable bonds is 8. The van der Waals surface area contributed by atoms with Gasteiger partial charge in [-0.2, -0.15) is 0 Å². The number of halogens is 1. The van der Waals surface area contributed by atoms with E-state index in [9.17, 15) is 9.90 Å². The quantitative estimate of drug-likeness (QED) is 0.505. The van der Waals surface area contributed by atoms with Crippen LogP contribution in [0.25, 0.3) is 0 Å². The van der Waals surface area contributed by atoms with Crippen molar-refractivity contribution < 1.29 is 14.6 Å². The fourth-order valence-corrected chi connectivity index (χ4v) is 3.28. The number of aliphatic hydroxyl groups is 1. The summed E-state index contributed by atoms with van der Waals surface area (Å²) < 4.78 is 5.27. The van der Waals surface area contributed by atoms with Crippen molar-refractivity contribution in [1.82, 2.24) is 5.32 Å². The molecular formula is C16H30BrNO3. The number of ether oxygens (including phenoxy) is 1. The normalized spacial score (nSPS) is 17.5. The molecule has 0 fully saturated rings. The molecule has 0 aromatic heterocycles. The van der Waals surface area contributed by atoms with Gasteiger partial charge < -0.3 is 15.2 Å². The molecule has 0 spiro atoms. The van der Waals surface area contributed by atoms with Crippen LogP contribution in [-0.2, 0) is 4.74 Å². The molecule has 0 aliphatic rings. The highest BCUT2D eigenvalue weighted by Crippen LogP contribution is 2.26. The average molecular weight is 364 g/mol. The smallest absolute Gasteiger partial charge is 0.408 e. The van der Waals surface area contributed by atoms with E-state index in [1.807, 2.05) is 20.8 Å². The predicted molar refractivity (Wildman–Crippen MR) is 90.8 cm³/mol. The third-order valence-corrected chi connectivity index (χ3v) is 4.59. The number of aliphatic hydroxyl groups excluding tert-OH is 1. The van der Waals surface area contributed by atoms with E-state index in [1.54, 1.807) is 0 Å². The third-order valence-electron chi connectivity index (χ3n) is 3.27. The summed E-state index contributed by atoms with van der Waals surface area (Å²) >= 11 is 3.64. The van der Waals surface area contributed by atoms with E-state index in [2.05, 4.69) is 41.7 Å². The first-order valence-electron chi connectivity index (χ1n) is 7.60. The summed E-state index contributed by atoms with van der Waals surface area (Å²) in [4.78, 5) is 11.9. The van der Waals surface area contributed by atoms with Crippen molar-refractivity contribution in [2.24, 2.45) is 5.92 Å². The van der Waals surface area contributed by atoms with E-state index in [0.29, 0.717) is 5.92 Å². The van der Waals surface area contributed by atoms with Crippen LogP contribution < -0.4 is 5.32 Å². The van der Waals surface area contributed by atoms with Crippen molar-refractivity contribution in [2.45, 2.75) is 76.5 Å². The third kappa shape index (κ3) is 7.86. The maximum absolute atomic E-state index is 12.0. The van der Waals surface area contributed by atoms with Gasteiger partial charge in [-0.15, -0.1) is 6.58 Å². The lowest BCUT2D eigenvalue weighted by Crippen LogP contribution is -2.51. The van der Waals surface area contributed by atoms with Gasteiger partial charge in [0.1, 0.15) is 5.60 Å². The maximum atomic E-state index is 12.0. The predicted octanol–water partition coefficient (Wildman–Crippen LogP) is 4.02. The molecule has 0 aromatic carbocycles. The summed E-state index contributed by atoms with van der Waals surface area (Å²) in [5.41, 5.74) is -0.566. The standard InChI is InChI=1S/C16H30BrNO3/c1-7-10-11(8-2)13(17)14(12(19)9-3)18-15(20)21-16(4,5)6/h9,11-14,19H,3,7-8,10H2,1-2,4-6H3,(H,18,20)/t11?,12-,13-,14+/m0/s1. The van der Waals surface area contributed by atoms with Crippen LogP contribution in [0.15, 0.2) is 12.7 Å². The molecular weight excluding hydrogens is 334 g/mol. The Morgan fingerprint density at radius 2 is 2.00 bits per heavy atom. The average Bonchev–Trinajstić information content (AvgIpc) is 2.38. The summed E-state index contributed by atoms with van der Waals surface area (Å²) in [5.74, 6) is 0.365. The van der Waals surface area contributed by atoms with E-state index in [4.69, 9.17) is 4.74 Å². The van der Waals surface area contributed by atoms with E-state index in [0.717, 1.165) is 19.3 Å². The molecule has 0 aliphatic carbocycles. The van der Waals surface area contributed by atoms with E-state index < -0.39 is 23.8 Å². The van der Waals surface area contributed by atoms with E-state index >= 15 is 0 Å². The van der Waals surface area contributed by atoms with Gasteiger partial charge in [0.2, 0.25) is 0 Å². The first kappa shape index (κ1) is 20.5. The lowest BCUT2D eigenvalue weighted by atomic mass is 9.90. The number of carbonyl (C=O) groups is 1. The number of alkyl carbamates (subject to hydrolysis) is 1. The van der Waals surface area contributed by atoms with Crippen molar-refractivity contribution in [3.05, 3.63) is 12.7 Å². The summed E-state index contributed by atoms with van der Waals surface area (Å²) in [5, 5.41) is 12.9. The SMILES string of the molecule is C=C[C@H](O)[C@@H](NC(=O)OC(C)(C)C)[C@@H](Br)C(CC)CCC. The topological polar surface area (TPSA) is 58.6 Å². The van der Waals surface area contributed by atoms with Gasteiger partial charge in [-0.3, -0.25) is 0 Å². The first-order chi connectivity index (χ1) is 9.66. The zero-order chi connectivity index (χ0) is 16.6. The summed E-state index contributed by atoms with van der Waals surface area (Å²) in [6.07, 6.45) is 3.15. The Morgan fingerprint density at radius 3 is 2.38 bits per heavy atom. The molecule has 124 valence electrons. The van der Waals surface area contributed by atoms with Crippen LogP contribution in [0.3, 0.4) is 0 Å². The van der Waals surface area contributed by atoms with Crippen LogP contribution in [0.4, 0.5) is 4.79 Å².